The summed E-state index contributed by atoms with van der Waals surface area (Å²) >= 11 is 0. The molecule has 1 aliphatic carbocycles. The number of nitro benzene ring substituents is 1. The molecule has 0 aliphatic heterocycles. The van der Waals surface area contributed by atoms with Crippen molar-refractivity contribution in [2.24, 2.45) is 11.1 Å². The summed E-state index contributed by atoms with van der Waals surface area (Å²) in [7, 11) is 0. The molecule has 1 aliphatic rings. The number of rotatable bonds is 9. The van der Waals surface area contributed by atoms with E-state index < -0.39 is 10.9 Å². The Kier molecular flexibility index (Phi) is 7.57. The fourth-order valence-electron chi connectivity index (χ4n) is 3.20. The molecule has 6 nitrogen and oxygen atoms in total. The second-order valence-electron chi connectivity index (χ2n) is 6.56. The van der Waals surface area contributed by atoms with Gasteiger partial charge in [-0.2, -0.15) is 0 Å². The van der Waals surface area contributed by atoms with Gasteiger partial charge in [0, 0.05) is 18.1 Å². The highest BCUT2D eigenvalue weighted by Crippen LogP contribution is 2.28. The van der Waals surface area contributed by atoms with Crippen LogP contribution in [-0.2, 0) is 4.84 Å². The van der Waals surface area contributed by atoms with Gasteiger partial charge >= 0.3 is 5.97 Å². The zero-order chi connectivity index (χ0) is 18.1. The standard InChI is InChI=1S/C19H26N2O4/c1-2-3-4-5-6-8-15-9-7-10-18(15)20-25-19(22)16-11-13-17(14-12-16)21(23)24/h11-15H,2-10H2,1H3. The number of nitrogens with zero attached hydrogens (tertiary/aromatic N) is 2. The Labute approximate surface area is 148 Å². The first-order chi connectivity index (χ1) is 12.1. The fraction of sp³-hybridized carbons (Fsp3) is 0.579. The average Bonchev–Trinajstić information content (AvgIpc) is 3.07. The van der Waals surface area contributed by atoms with Gasteiger partial charge in [0.15, 0.2) is 0 Å². The zero-order valence-electron chi connectivity index (χ0n) is 14.8. The molecule has 0 amide bonds. The molecule has 0 bridgehead atoms. The molecule has 0 heterocycles. The van der Waals surface area contributed by atoms with Crippen LogP contribution in [-0.4, -0.2) is 16.6 Å². The molecule has 2 rings (SSSR count). The molecule has 0 aromatic heterocycles. The number of nitro groups is 1. The number of hydrogen-bond donors (Lipinski definition) is 0. The Morgan fingerprint density at radius 2 is 1.96 bits per heavy atom. The summed E-state index contributed by atoms with van der Waals surface area (Å²) in [6.45, 7) is 2.21. The minimum atomic E-state index is -0.573. The molecule has 1 aromatic carbocycles. The predicted molar refractivity (Wildman–Crippen MR) is 96.7 cm³/mol. The van der Waals surface area contributed by atoms with Gasteiger partial charge in [0.05, 0.1) is 16.2 Å². The van der Waals surface area contributed by atoms with Gasteiger partial charge in [0.2, 0.25) is 0 Å². The summed E-state index contributed by atoms with van der Waals surface area (Å²) in [6.07, 6.45) is 10.5. The molecule has 25 heavy (non-hydrogen) atoms. The molecule has 1 saturated carbocycles. The molecule has 1 unspecified atom stereocenters. The molecule has 0 spiro atoms. The molecule has 6 heteroatoms. The first kappa shape index (κ1) is 19.1. The first-order valence-corrected chi connectivity index (χ1v) is 9.14. The van der Waals surface area contributed by atoms with E-state index in [0.29, 0.717) is 5.92 Å². The lowest BCUT2D eigenvalue weighted by Crippen LogP contribution is -2.10. The Bertz CT molecular complexity index is 610. The van der Waals surface area contributed by atoms with Gasteiger partial charge in [-0.1, -0.05) is 44.2 Å². The van der Waals surface area contributed by atoms with Crippen molar-refractivity contribution in [3.8, 4) is 0 Å². The van der Waals surface area contributed by atoms with Crippen LogP contribution in [0.1, 0.15) is 75.1 Å². The van der Waals surface area contributed by atoms with Crippen molar-refractivity contribution in [1.29, 1.82) is 0 Å². The van der Waals surface area contributed by atoms with E-state index in [2.05, 4.69) is 12.1 Å². The van der Waals surface area contributed by atoms with Crippen LogP contribution in [0, 0.1) is 16.0 Å². The van der Waals surface area contributed by atoms with Gasteiger partial charge < -0.3 is 4.84 Å². The maximum atomic E-state index is 12.0. The van der Waals surface area contributed by atoms with E-state index in [-0.39, 0.29) is 11.3 Å². The van der Waals surface area contributed by atoms with E-state index in [0.717, 1.165) is 31.4 Å². The Balaban J connectivity index is 1.84. The number of non-ortho nitro benzene ring substituents is 1. The van der Waals surface area contributed by atoms with Crippen molar-refractivity contribution in [2.75, 3.05) is 0 Å². The van der Waals surface area contributed by atoms with Gasteiger partial charge in [-0.3, -0.25) is 10.1 Å². The lowest BCUT2D eigenvalue weighted by Gasteiger charge is -2.10. The lowest BCUT2D eigenvalue weighted by atomic mass is 9.98. The highest BCUT2D eigenvalue weighted by Gasteiger charge is 2.23. The maximum Gasteiger partial charge on any atom is 0.365 e. The van der Waals surface area contributed by atoms with Crippen molar-refractivity contribution in [1.82, 2.24) is 0 Å². The molecular weight excluding hydrogens is 320 g/mol. The highest BCUT2D eigenvalue weighted by molar-refractivity contribution is 5.92. The third-order valence-electron chi connectivity index (χ3n) is 4.67. The normalized spacial score (nSPS) is 18.4. The number of unbranched alkanes of at least 4 members (excludes halogenated alkanes) is 4. The maximum absolute atomic E-state index is 12.0. The summed E-state index contributed by atoms with van der Waals surface area (Å²) in [4.78, 5) is 27.2. The third kappa shape index (κ3) is 5.96. The minimum Gasteiger partial charge on any atom is -0.313 e. The van der Waals surface area contributed by atoms with Crippen LogP contribution in [0.15, 0.2) is 29.4 Å². The summed E-state index contributed by atoms with van der Waals surface area (Å²) in [5.74, 6) is -0.151. The second-order valence-corrected chi connectivity index (χ2v) is 6.56. The van der Waals surface area contributed by atoms with Crippen LogP contribution in [0.25, 0.3) is 0 Å². The van der Waals surface area contributed by atoms with Crippen LogP contribution < -0.4 is 0 Å². The molecule has 1 atom stereocenters. The van der Waals surface area contributed by atoms with Crippen LogP contribution in [0.4, 0.5) is 5.69 Å². The van der Waals surface area contributed by atoms with E-state index >= 15 is 0 Å². The third-order valence-corrected chi connectivity index (χ3v) is 4.67. The van der Waals surface area contributed by atoms with Crippen molar-refractivity contribution in [2.45, 2.75) is 64.7 Å². The van der Waals surface area contributed by atoms with Gasteiger partial charge in [-0.25, -0.2) is 4.79 Å². The van der Waals surface area contributed by atoms with Crippen LogP contribution in [0.2, 0.25) is 0 Å². The molecular formula is C19H26N2O4. The average molecular weight is 346 g/mol. The minimum absolute atomic E-state index is 0.0539. The van der Waals surface area contributed by atoms with Crippen molar-refractivity contribution in [3.63, 3.8) is 0 Å². The lowest BCUT2D eigenvalue weighted by molar-refractivity contribution is -0.384. The van der Waals surface area contributed by atoms with Gasteiger partial charge in [0.1, 0.15) is 0 Å². The van der Waals surface area contributed by atoms with Crippen LogP contribution in [0.5, 0.6) is 0 Å². The van der Waals surface area contributed by atoms with E-state index in [9.17, 15) is 14.9 Å². The van der Waals surface area contributed by atoms with Crippen LogP contribution in [0.3, 0.4) is 0 Å². The van der Waals surface area contributed by atoms with Crippen molar-refractivity contribution in [3.05, 3.63) is 39.9 Å². The summed E-state index contributed by atoms with van der Waals surface area (Å²) in [5, 5.41) is 14.7. The predicted octanol–water partition coefficient (Wildman–Crippen LogP) is 5.27. The number of hydrogen-bond acceptors (Lipinski definition) is 5. The fourth-order valence-corrected chi connectivity index (χ4v) is 3.20. The first-order valence-electron chi connectivity index (χ1n) is 9.14. The molecule has 0 saturated heterocycles. The van der Waals surface area contributed by atoms with E-state index in [1.54, 1.807) is 0 Å². The van der Waals surface area contributed by atoms with E-state index in [4.69, 9.17) is 4.84 Å². The molecule has 1 fully saturated rings. The molecule has 1 aromatic rings. The second kappa shape index (κ2) is 9.91. The SMILES string of the molecule is CCCCCCCC1CCCC1=NOC(=O)c1ccc([N+](=O)[O-])cc1. The number of benzene rings is 1. The highest BCUT2D eigenvalue weighted by atomic mass is 16.7. The van der Waals surface area contributed by atoms with Crippen molar-refractivity contribution >= 4 is 17.4 Å². The Hall–Kier alpha value is -2.24. The van der Waals surface area contributed by atoms with Crippen LogP contribution >= 0.6 is 0 Å². The quantitative estimate of drug-likeness (QED) is 0.264. The van der Waals surface area contributed by atoms with E-state index in [1.807, 2.05) is 0 Å². The zero-order valence-corrected chi connectivity index (χ0v) is 14.8. The Morgan fingerprint density at radius 3 is 2.64 bits per heavy atom. The topological polar surface area (TPSA) is 81.8 Å². The monoisotopic (exact) mass is 346 g/mol. The number of oxime groups is 1. The van der Waals surface area contributed by atoms with Gasteiger partial charge in [0.25, 0.3) is 5.69 Å². The smallest absolute Gasteiger partial charge is 0.313 e. The van der Waals surface area contributed by atoms with Gasteiger partial charge in [-0.15, -0.1) is 0 Å². The molecule has 0 N–H and O–H groups in total. The Morgan fingerprint density at radius 1 is 1.24 bits per heavy atom. The largest absolute Gasteiger partial charge is 0.365 e. The molecule has 136 valence electrons. The van der Waals surface area contributed by atoms with Gasteiger partial charge in [-0.05, 0) is 37.8 Å². The molecule has 0 radical (unpaired) electrons. The van der Waals surface area contributed by atoms with E-state index in [1.165, 1.54) is 56.4 Å². The number of carbonyl (C=O) groups excluding carboxylic acids is 1. The summed E-state index contributed by atoms with van der Waals surface area (Å²) in [5.41, 5.74) is 1.19. The summed E-state index contributed by atoms with van der Waals surface area (Å²) in [6, 6.07) is 5.36. The summed E-state index contributed by atoms with van der Waals surface area (Å²) < 4.78 is 0. The number of carbonyl (C=O) groups is 1. The van der Waals surface area contributed by atoms with Crippen molar-refractivity contribution < 1.29 is 14.6 Å².